The third kappa shape index (κ3) is 4.27. The van der Waals surface area contributed by atoms with Crippen LogP contribution in [0.4, 0.5) is 0 Å². The molecular weight excluding hydrogens is 364 g/mol. The number of H-pyrrole nitrogens is 1. The number of likely N-dealkylation sites (tertiary alicyclic amines) is 1. The first kappa shape index (κ1) is 19.8. The van der Waals surface area contributed by atoms with Crippen molar-refractivity contribution in [2.24, 2.45) is 11.8 Å². The van der Waals surface area contributed by atoms with Gasteiger partial charge in [-0.25, -0.2) is 0 Å². The Morgan fingerprint density at radius 1 is 1.17 bits per heavy atom. The highest BCUT2D eigenvalue weighted by atomic mass is 16.2. The molecule has 0 spiro atoms. The normalized spacial score (nSPS) is 17.4. The first-order valence-electron chi connectivity index (χ1n) is 10.7. The Balaban J connectivity index is 1.36. The Hall–Kier alpha value is -2.47. The number of amides is 1. The molecule has 2 aliphatic heterocycles. The molecule has 2 N–H and O–H groups in total. The topological polar surface area (TPSA) is 78.1 Å². The zero-order valence-corrected chi connectivity index (χ0v) is 17.3. The van der Waals surface area contributed by atoms with Crippen LogP contribution in [-0.4, -0.2) is 46.4 Å². The fraction of sp³-hybridized carbons (Fsp3) is 0.522. The van der Waals surface area contributed by atoms with Crippen LogP contribution in [-0.2, 0) is 19.4 Å². The highest BCUT2D eigenvalue weighted by Crippen LogP contribution is 2.25. The summed E-state index contributed by atoms with van der Waals surface area (Å²) in [5, 5.41) is 10.6. The molecule has 6 heteroatoms. The number of hydrogen-bond acceptors (Lipinski definition) is 4. The number of hydrogen-bond donors (Lipinski definition) is 2. The first-order valence-corrected chi connectivity index (χ1v) is 10.7. The van der Waals surface area contributed by atoms with Gasteiger partial charge < -0.3 is 10.2 Å². The minimum Gasteiger partial charge on any atom is -0.337 e. The van der Waals surface area contributed by atoms with Gasteiger partial charge >= 0.3 is 0 Å². The van der Waals surface area contributed by atoms with Crippen LogP contribution in [0.25, 0.3) is 0 Å². The van der Waals surface area contributed by atoms with Gasteiger partial charge in [0.15, 0.2) is 11.5 Å². The van der Waals surface area contributed by atoms with Gasteiger partial charge in [-0.2, -0.15) is 5.10 Å². The second kappa shape index (κ2) is 8.49. The Labute approximate surface area is 172 Å². The molecule has 1 saturated heterocycles. The van der Waals surface area contributed by atoms with Crippen molar-refractivity contribution in [1.82, 2.24) is 20.4 Å². The number of rotatable bonds is 5. The number of nitrogens with one attached hydrogen (secondary N) is 2. The van der Waals surface area contributed by atoms with Crippen molar-refractivity contribution in [1.29, 1.82) is 0 Å². The SMILES string of the molecule is CC(C)Cc1ccc(C(=O)C2CCN(C(=O)c3n[nH]c4c3CNCC4)CC2)cc1. The van der Waals surface area contributed by atoms with E-state index in [1.54, 1.807) is 0 Å². The van der Waals surface area contributed by atoms with E-state index in [9.17, 15) is 9.59 Å². The van der Waals surface area contributed by atoms with Gasteiger partial charge in [-0.05, 0) is 30.7 Å². The van der Waals surface area contributed by atoms with Crippen molar-refractivity contribution in [2.45, 2.75) is 46.1 Å². The number of nitrogens with zero attached hydrogens (tertiary/aromatic N) is 2. The molecule has 1 aromatic carbocycles. The van der Waals surface area contributed by atoms with E-state index in [1.165, 1.54) is 5.56 Å². The number of fused-ring (bicyclic) bond motifs is 1. The second-order valence-electron chi connectivity index (χ2n) is 8.68. The van der Waals surface area contributed by atoms with Crippen molar-refractivity contribution in [3.8, 4) is 0 Å². The highest BCUT2D eigenvalue weighted by molar-refractivity contribution is 5.98. The van der Waals surface area contributed by atoms with E-state index >= 15 is 0 Å². The van der Waals surface area contributed by atoms with Crippen LogP contribution in [0.15, 0.2) is 24.3 Å². The molecule has 2 aromatic rings. The van der Waals surface area contributed by atoms with Crippen LogP contribution in [0.1, 0.15) is 64.4 Å². The monoisotopic (exact) mass is 394 g/mol. The van der Waals surface area contributed by atoms with Crippen LogP contribution in [0.3, 0.4) is 0 Å². The van der Waals surface area contributed by atoms with Gasteiger partial charge in [0, 0.05) is 55.3 Å². The van der Waals surface area contributed by atoms with E-state index in [-0.39, 0.29) is 17.6 Å². The molecule has 0 bridgehead atoms. The summed E-state index contributed by atoms with van der Waals surface area (Å²) in [6.45, 7) is 7.21. The maximum Gasteiger partial charge on any atom is 0.274 e. The molecule has 29 heavy (non-hydrogen) atoms. The van der Waals surface area contributed by atoms with Crippen LogP contribution in [0, 0.1) is 11.8 Å². The summed E-state index contributed by atoms with van der Waals surface area (Å²) < 4.78 is 0. The first-order chi connectivity index (χ1) is 14.0. The van der Waals surface area contributed by atoms with E-state index in [2.05, 4.69) is 41.5 Å². The van der Waals surface area contributed by atoms with Crippen LogP contribution < -0.4 is 5.32 Å². The van der Waals surface area contributed by atoms with Crippen molar-refractivity contribution < 1.29 is 9.59 Å². The maximum atomic E-state index is 12.9. The Kier molecular flexibility index (Phi) is 5.81. The van der Waals surface area contributed by atoms with Crippen molar-refractivity contribution in [2.75, 3.05) is 19.6 Å². The lowest BCUT2D eigenvalue weighted by Gasteiger charge is -2.31. The van der Waals surface area contributed by atoms with Crippen LogP contribution in [0.2, 0.25) is 0 Å². The molecule has 1 aromatic heterocycles. The predicted molar refractivity (Wildman–Crippen MR) is 112 cm³/mol. The number of Topliss-reactive ketones (excluding diaryl/α,β-unsaturated/α-hetero) is 1. The summed E-state index contributed by atoms with van der Waals surface area (Å²) in [5.41, 5.74) is 4.67. The molecule has 0 atom stereocenters. The molecule has 6 nitrogen and oxygen atoms in total. The van der Waals surface area contributed by atoms with Gasteiger partial charge in [-0.3, -0.25) is 14.7 Å². The summed E-state index contributed by atoms with van der Waals surface area (Å²) >= 11 is 0. The zero-order chi connectivity index (χ0) is 20.4. The third-order valence-electron chi connectivity index (χ3n) is 6.04. The summed E-state index contributed by atoms with van der Waals surface area (Å²) in [4.78, 5) is 27.7. The smallest absolute Gasteiger partial charge is 0.274 e. The predicted octanol–water partition coefficient (Wildman–Crippen LogP) is 2.99. The molecular formula is C23H30N4O2. The summed E-state index contributed by atoms with van der Waals surface area (Å²) in [5.74, 6) is 0.781. The van der Waals surface area contributed by atoms with Crippen molar-refractivity contribution in [3.05, 3.63) is 52.3 Å². The molecule has 0 radical (unpaired) electrons. The lowest BCUT2D eigenvalue weighted by molar-refractivity contribution is 0.0644. The average Bonchev–Trinajstić information content (AvgIpc) is 3.17. The summed E-state index contributed by atoms with van der Waals surface area (Å²) in [6, 6.07) is 8.06. The Morgan fingerprint density at radius 3 is 2.59 bits per heavy atom. The largest absolute Gasteiger partial charge is 0.337 e. The maximum absolute atomic E-state index is 12.9. The van der Waals surface area contributed by atoms with Crippen molar-refractivity contribution in [3.63, 3.8) is 0 Å². The fourth-order valence-corrected chi connectivity index (χ4v) is 4.41. The molecule has 154 valence electrons. The zero-order valence-electron chi connectivity index (χ0n) is 17.3. The summed E-state index contributed by atoms with van der Waals surface area (Å²) in [6.07, 6.45) is 3.33. The number of ketones is 1. The number of carbonyl (C=O) groups is 2. The second-order valence-corrected chi connectivity index (χ2v) is 8.68. The standard InChI is InChI=1S/C23H30N4O2/c1-15(2)13-16-3-5-17(6-4-16)22(28)18-8-11-27(12-9-18)23(29)21-19-14-24-10-7-20(19)25-26-21/h3-6,15,18,24H,7-14H2,1-2H3,(H,25,26). The number of aromatic amines is 1. The molecule has 0 saturated carbocycles. The van der Waals surface area contributed by atoms with Gasteiger partial charge in [0.25, 0.3) is 5.91 Å². The minimum atomic E-state index is -0.0184. The molecule has 0 unspecified atom stereocenters. The van der Waals surface area contributed by atoms with Gasteiger partial charge in [0.2, 0.25) is 0 Å². The summed E-state index contributed by atoms with van der Waals surface area (Å²) in [7, 11) is 0. The average molecular weight is 395 g/mol. The lowest BCUT2D eigenvalue weighted by Crippen LogP contribution is -2.41. The molecule has 1 amide bonds. The van der Waals surface area contributed by atoms with E-state index < -0.39 is 0 Å². The van der Waals surface area contributed by atoms with Gasteiger partial charge in [0.1, 0.15) is 0 Å². The number of benzene rings is 1. The molecule has 1 fully saturated rings. The quantitative estimate of drug-likeness (QED) is 0.764. The van der Waals surface area contributed by atoms with E-state index in [0.29, 0.717) is 44.1 Å². The molecule has 2 aliphatic rings. The van der Waals surface area contributed by atoms with Gasteiger partial charge in [-0.1, -0.05) is 38.1 Å². The van der Waals surface area contributed by atoms with E-state index in [1.807, 2.05) is 17.0 Å². The number of piperidine rings is 1. The molecule has 0 aliphatic carbocycles. The van der Waals surface area contributed by atoms with Crippen molar-refractivity contribution >= 4 is 11.7 Å². The number of carbonyl (C=O) groups excluding carboxylic acids is 2. The van der Waals surface area contributed by atoms with E-state index in [0.717, 1.165) is 36.2 Å². The Morgan fingerprint density at radius 2 is 1.90 bits per heavy atom. The highest BCUT2D eigenvalue weighted by Gasteiger charge is 2.31. The third-order valence-corrected chi connectivity index (χ3v) is 6.04. The molecule has 3 heterocycles. The van der Waals surface area contributed by atoms with E-state index in [4.69, 9.17) is 0 Å². The van der Waals surface area contributed by atoms with Gasteiger partial charge in [-0.15, -0.1) is 0 Å². The van der Waals surface area contributed by atoms with Gasteiger partial charge in [0.05, 0.1) is 0 Å². The number of aromatic nitrogens is 2. The molecule has 4 rings (SSSR count). The minimum absolute atomic E-state index is 0.00948. The van der Waals surface area contributed by atoms with Crippen LogP contribution in [0.5, 0.6) is 0 Å². The van der Waals surface area contributed by atoms with Crippen LogP contribution >= 0.6 is 0 Å². The lowest BCUT2D eigenvalue weighted by atomic mass is 9.88. The Bertz CT molecular complexity index is 877. The fourth-order valence-electron chi connectivity index (χ4n) is 4.41.